The molecule has 2 N–H and O–H groups in total. The Morgan fingerprint density at radius 1 is 1.10 bits per heavy atom. The minimum atomic E-state index is -0.713. The molecule has 0 saturated heterocycles. The normalized spacial score (nSPS) is 11.4. The molecule has 0 saturated carbocycles. The smallest absolute Gasteiger partial charge is 0.412 e. The van der Waals surface area contributed by atoms with Gasteiger partial charge in [-0.2, -0.15) is 5.10 Å². The van der Waals surface area contributed by atoms with Crippen molar-refractivity contribution in [3.63, 3.8) is 0 Å². The number of nitrogens with one attached hydrogen (secondary N) is 2. The first-order valence-electron chi connectivity index (χ1n) is 9.36. The fraction of sp³-hybridized carbons (Fsp3) is 0.333. The number of amides is 2. The van der Waals surface area contributed by atoms with E-state index in [0.29, 0.717) is 28.0 Å². The van der Waals surface area contributed by atoms with Gasteiger partial charge in [0.2, 0.25) is 0 Å². The Hall–Kier alpha value is -3.49. The maximum Gasteiger partial charge on any atom is 0.412 e. The molecule has 2 amide bonds. The number of carbonyl (C=O) groups excluding carboxylic acids is 2. The van der Waals surface area contributed by atoms with Gasteiger partial charge in [-0.1, -0.05) is 0 Å². The van der Waals surface area contributed by atoms with Gasteiger partial charge in [-0.05, 0) is 58.9 Å². The largest absolute Gasteiger partial charge is 0.444 e. The average Bonchev–Trinajstić information content (AvgIpc) is 2.89. The highest BCUT2D eigenvalue weighted by Crippen LogP contribution is 2.27. The number of aromatic nitrogens is 3. The van der Waals surface area contributed by atoms with Crippen LogP contribution in [0.4, 0.5) is 20.6 Å². The third kappa shape index (κ3) is 4.56. The second-order valence-electron chi connectivity index (χ2n) is 7.99. The highest BCUT2D eigenvalue weighted by Gasteiger charge is 2.21. The molecule has 3 aromatic rings. The van der Waals surface area contributed by atoms with Gasteiger partial charge in [-0.3, -0.25) is 14.8 Å². The van der Waals surface area contributed by atoms with Gasteiger partial charge in [0.1, 0.15) is 11.4 Å². The van der Waals surface area contributed by atoms with E-state index in [1.165, 1.54) is 12.1 Å². The number of rotatable bonds is 3. The fourth-order valence-corrected chi connectivity index (χ4v) is 3.08. The molecule has 8 nitrogen and oxygen atoms in total. The Bertz CT molecular complexity index is 1150. The number of benzene rings is 1. The Morgan fingerprint density at radius 3 is 2.47 bits per heavy atom. The summed E-state index contributed by atoms with van der Waals surface area (Å²) in [6.45, 7) is 8.75. The lowest BCUT2D eigenvalue weighted by molar-refractivity contribution is 0.0635. The maximum atomic E-state index is 13.9. The summed E-state index contributed by atoms with van der Waals surface area (Å²) in [7, 11) is 1.75. The number of nitrogens with zero attached hydrogens (tertiary/aromatic N) is 3. The van der Waals surface area contributed by atoms with Crippen molar-refractivity contribution in [2.75, 3.05) is 10.6 Å². The van der Waals surface area contributed by atoms with Crippen LogP contribution in [-0.2, 0) is 11.8 Å². The van der Waals surface area contributed by atoms with E-state index < -0.39 is 23.4 Å². The topological polar surface area (TPSA) is 98.1 Å². The molecule has 0 radical (unpaired) electrons. The number of pyridine rings is 1. The van der Waals surface area contributed by atoms with Gasteiger partial charge in [0.05, 0.1) is 28.0 Å². The average molecular weight is 413 g/mol. The van der Waals surface area contributed by atoms with Crippen molar-refractivity contribution in [2.24, 2.45) is 7.05 Å². The molecular formula is C21H24FN5O3. The summed E-state index contributed by atoms with van der Waals surface area (Å²) < 4.78 is 20.7. The second kappa shape index (κ2) is 7.74. The summed E-state index contributed by atoms with van der Waals surface area (Å²) in [6, 6.07) is 5.32. The van der Waals surface area contributed by atoms with Gasteiger partial charge in [0.25, 0.3) is 5.91 Å². The van der Waals surface area contributed by atoms with E-state index in [4.69, 9.17) is 4.74 Å². The monoisotopic (exact) mass is 413 g/mol. The van der Waals surface area contributed by atoms with Gasteiger partial charge in [-0.15, -0.1) is 0 Å². The molecule has 9 heteroatoms. The van der Waals surface area contributed by atoms with Crippen LogP contribution in [0.5, 0.6) is 0 Å². The zero-order valence-corrected chi connectivity index (χ0v) is 17.8. The van der Waals surface area contributed by atoms with E-state index in [1.807, 2.05) is 0 Å². The summed E-state index contributed by atoms with van der Waals surface area (Å²) in [5, 5.41) is 10.2. The minimum Gasteiger partial charge on any atom is -0.444 e. The van der Waals surface area contributed by atoms with E-state index in [-0.39, 0.29) is 11.4 Å². The number of halogens is 1. The molecule has 158 valence electrons. The van der Waals surface area contributed by atoms with Crippen LogP contribution < -0.4 is 10.6 Å². The van der Waals surface area contributed by atoms with E-state index in [2.05, 4.69) is 20.7 Å². The number of aryl methyl sites for hydroxylation is 3. The number of carbonyl (C=O) groups is 2. The molecule has 0 atom stereocenters. The fourth-order valence-electron chi connectivity index (χ4n) is 3.08. The van der Waals surface area contributed by atoms with Crippen LogP contribution >= 0.6 is 0 Å². The lowest BCUT2D eigenvalue weighted by atomic mass is 10.1. The second-order valence-corrected chi connectivity index (χ2v) is 7.99. The van der Waals surface area contributed by atoms with Gasteiger partial charge < -0.3 is 10.1 Å². The van der Waals surface area contributed by atoms with Crippen LogP contribution in [-0.4, -0.2) is 32.4 Å². The number of hydrogen-bond donors (Lipinski definition) is 2. The zero-order valence-electron chi connectivity index (χ0n) is 17.8. The van der Waals surface area contributed by atoms with Crippen LogP contribution in [0, 0.1) is 19.7 Å². The third-order valence-corrected chi connectivity index (χ3v) is 4.21. The van der Waals surface area contributed by atoms with Crippen molar-refractivity contribution in [3.8, 4) is 0 Å². The van der Waals surface area contributed by atoms with Crippen molar-refractivity contribution >= 4 is 34.4 Å². The number of ether oxygens (including phenoxy) is 1. The Morgan fingerprint density at radius 2 is 1.80 bits per heavy atom. The van der Waals surface area contributed by atoms with Crippen LogP contribution in [0.2, 0.25) is 0 Å². The summed E-state index contributed by atoms with van der Waals surface area (Å²) in [6.07, 6.45) is -0.713. The maximum absolute atomic E-state index is 13.9. The molecule has 0 aliphatic carbocycles. The summed E-state index contributed by atoms with van der Waals surface area (Å²) >= 11 is 0. The van der Waals surface area contributed by atoms with Crippen molar-refractivity contribution in [3.05, 3.63) is 47.0 Å². The van der Waals surface area contributed by atoms with Crippen LogP contribution in [0.15, 0.2) is 24.3 Å². The predicted octanol–water partition coefficient (Wildman–Crippen LogP) is 4.32. The third-order valence-electron chi connectivity index (χ3n) is 4.21. The standard InChI is InChI=1S/C21H24FN5O3/c1-11-9-14(17-12(2)26-27(6)18(17)23-11)19(28)24-16-10-13(22)7-8-15(16)25-20(29)30-21(3,4)5/h7-10H,1-6H3,(H,24,28)(H,25,29). The van der Waals surface area contributed by atoms with Gasteiger partial charge >= 0.3 is 6.09 Å². The molecule has 0 spiro atoms. The molecule has 3 rings (SSSR count). The van der Waals surface area contributed by atoms with E-state index >= 15 is 0 Å². The van der Waals surface area contributed by atoms with Crippen LogP contribution in [0.3, 0.4) is 0 Å². The molecule has 0 aliphatic rings. The molecule has 1 aromatic carbocycles. The lowest BCUT2D eigenvalue weighted by Gasteiger charge is -2.20. The first-order chi connectivity index (χ1) is 13.9. The molecule has 0 aliphatic heterocycles. The Kier molecular flexibility index (Phi) is 5.47. The number of anilines is 2. The molecule has 2 heterocycles. The van der Waals surface area contributed by atoms with Crippen molar-refractivity contribution in [2.45, 2.75) is 40.2 Å². The highest BCUT2D eigenvalue weighted by molar-refractivity contribution is 6.14. The van der Waals surface area contributed by atoms with E-state index in [0.717, 1.165) is 6.07 Å². The Labute approximate surface area is 173 Å². The first kappa shape index (κ1) is 21.2. The van der Waals surface area contributed by atoms with Gasteiger partial charge in [0.15, 0.2) is 5.65 Å². The number of fused-ring (bicyclic) bond motifs is 1. The highest BCUT2D eigenvalue weighted by atomic mass is 19.1. The van der Waals surface area contributed by atoms with E-state index in [1.54, 1.807) is 52.4 Å². The van der Waals surface area contributed by atoms with E-state index in [9.17, 15) is 14.0 Å². The summed E-state index contributed by atoms with van der Waals surface area (Å²) in [5.74, 6) is -1.03. The quantitative estimate of drug-likeness (QED) is 0.666. The van der Waals surface area contributed by atoms with Crippen molar-refractivity contribution in [1.82, 2.24) is 14.8 Å². The minimum absolute atomic E-state index is 0.106. The lowest BCUT2D eigenvalue weighted by Crippen LogP contribution is -2.27. The Balaban J connectivity index is 1.95. The molecule has 0 unspecified atom stereocenters. The number of hydrogen-bond acceptors (Lipinski definition) is 5. The van der Waals surface area contributed by atoms with Crippen molar-refractivity contribution in [1.29, 1.82) is 0 Å². The SMILES string of the molecule is Cc1cc(C(=O)Nc2cc(F)ccc2NC(=O)OC(C)(C)C)c2c(C)nn(C)c2n1. The molecule has 0 fully saturated rings. The predicted molar refractivity (Wildman–Crippen MR) is 112 cm³/mol. The molecule has 0 bridgehead atoms. The molecule has 30 heavy (non-hydrogen) atoms. The van der Waals surface area contributed by atoms with Gasteiger partial charge in [-0.25, -0.2) is 14.2 Å². The summed E-state index contributed by atoms with van der Waals surface area (Å²) in [5.41, 5.74) is 1.84. The van der Waals surface area contributed by atoms with Crippen LogP contribution in [0.1, 0.15) is 42.5 Å². The molecule has 2 aromatic heterocycles. The molecular weight excluding hydrogens is 389 g/mol. The van der Waals surface area contributed by atoms with Gasteiger partial charge in [0, 0.05) is 12.7 Å². The van der Waals surface area contributed by atoms with Crippen molar-refractivity contribution < 1.29 is 18.7 Å². The first-order valence-corrected chi connectivity index (χ1v) is 9.36. The summed E-state index contributed by atoms with van der Waals surface area (Å²) in [4.78, 5) is 29.6. The zero-order chi connectivity index (χ0) is 22.2. The van der Waals surface area contributed by atoms with Crippen LogP contribution in [0.25, 0.3) is 11.0 Å².